The maximum Gasteiger partial charge on any atom is 0.203 e. The Morgan fingerprint density at radius 2 is 2.29 bits per heavy atom. The van der Waals surface area contributed by atoms with Crippen LogP contribution in [0.3, 0.4) is 0 Å². The number of allylic oxidation sites excluding steroid dienone is 1. The third-order valence-corrected chi connectivity index (χ3v) is 3.43. The number of anilines is 1. The molecule has 0 aromatic carbocycles. The number of hydrogen-bond acceptors (Lipinski definition) is 3. The molecule has 0 bridgehead atoms. The van der Waals surface area contributed by atoms with Gasteiger partial charge in [0.2, 0.25) is 5.95 Å². The van der Waals surface area contributed by atoms with Gasteiger partial charge in [0.1, 0.15) is 0 Å². The average Bonchev–Trinajstić information content (AvgIpc) is 2.77. The van der Waals surface area contributed by atoms with E-state index in [9.17, 15) is 0 Å². The van der Waals surface area contributed by atoms with E-state index < -0.39 is 0 Å². The summed E-state index contributed by atoms with van der Waals surface area (Å²) in [5.74, 6) is 1.74. The molecule has 1 N–H and O–H groups in total. The Kier molecular flexibility index (Phi) is 4.20. The van der Waals surface area contributed by atoms with Gasteiger partial charge >= 0.3 is 0 Å². The molecular weight excluding hydrogens is 212 g/mol. The van der Waals surface area contributed by atoms with Crippen molar-refractivity contribution in [2.45, 2.75) is 19.4 Å². The SMILES string of the molecule is C=CCn1ccnc1NCC1CCN(C)CC1. The molecule has 1 aliphatic rings. The molecule has 4 nitrogen and oxygen atoms in total. The summed E-state index contributed by atoms with van der Waals surface area (Å²) in [5.41, 5.74) is 0. The summed E-state index contributed by atoms with van der Waals surface area (Å²) in [7, 11) is 2.19. The number of hydrogen-bond donors (Lipinski definition) is 1. The lowest BCUT2D eigenvalue weighted by Crippen LogP contribution is -2.33. The van der Waals surface area contributed by atoms with E-state index in [4.69, 9.17) is 0 Å². The van der Waals surface area contributed by atoms with Crippen LogP contribution in [-0.2, 0) is 6.54 Å². The number of nitrogens with one attached hydrogen (secondary N) is 1. The highest BCUT2D eigenvalue weighted by Crippen LogP contribution is 2.16. The van der Waals surface area contributed by atoms with Gasteiger partial charge in [0.15, 0.2) is 0 Å². The largest absolute Gasteiger partial charge is 0.355 e. The Balaban J connectivity index is 1.81. The second kappa shape index (κ2) is 5.87. The third kappa shape index (κ3) is 3.33. The molecule has 1 aromatic rings. The normalized spacial score (nSPS) is 18.2. The Hall–Kier alpha value is -1.29. The summed E-state index contributed by atoms with van der Waals surface area (Å²) in [6.07, 6.45) is 8.28. The first-order chi connectivity index (χ1) is 8.29. The highest BCUT2D eigenvalue weighted by Gasteiger charge is 2.16. The van der Waals surface area contributed by atoms with Crippen molar-refractivity contribution in [3.63, 3.8) is 0 Å². The van der Waals surface area contributed by atoms with Gasteiger partial charge < -0.3 is 14.8 Å². The lowest BCUT2D eigenvalue weighted by Gasteiger charge is -2.29. The Labute approximate surface area is 103 Å². The zero-order valence-electron chi connectivity index (χ0n) is 10.6. The van der Waals surface area contributed by atoms with E-state index in [2.05, 4.69) is 33.4 Å². The molecule has 1 aromatic heterocycles. The number of imidazole rings is 1. The molecule has 0 unspecified atom stereocenters. The predicted molar refractivity (Wildman–Crippen MR) is 71.1 cm³/mol. The van der Waals surface area contributed by atoms with E-state index in [1.165, 1.54) is 25.9 Å². The summed E-state index contributed by atoms with van der Waals surface area (Å²) in [6, 6.07) is 0. The smallest absolute Gasteiger partial charge is 0.203 e. The van der Waals surface area contributed by atoms with E-state index in [0.29, 0.717) is 0 Å². The predicted octanol–water partition coefficient (Wildman–Crippen LogP) is 1.82. The Bertz CT molecular complexity index is 350. The second-order valence-corrected chi connectivity index (χ2v) is 4.82. The van der Waals surface area contributed by atoms with Crippen molar-refractivity contribution >= 4 is 5.95 Å². The lowest BCUT2D eigenvalue weighted by molar-refractivity contribution is 0.226. The summed E-state index contributed by atoms with van der Waals surface area (Å²) in [5, 5.41) is 3.45. The fourth-order valence-electron chi connectivity index (χ4n) is 2.26. The van der Waals surface area contributed by atoms with Crippen LogP contribution >= 0.6 is 0 Å². The zero-order valence-corrected chi connectivity index (χ0v) is 10.6. The zero-order chi connectivity index (χ0) is 12.1. The molecule has 0 spiro atoms. The highest BCUT2D eigenvalue weighted by molar-refractivity contribution is 5.26. The molecule has 17 heavy (non-hydrogen) atoms. The van der Waals surface area contributed by atoms with Crippen LogP contribution in [0.15, 0.2) is 25.0 Å². The molecule has 0 amide bonds. The van der Waals surface area contributed by atoms with Crippen LogP contribution in [0.1, 0.15) is 12.8 Å². The van der Waals surface area contributed by atoms with E-state index in [1.807, 2.05) is 18.5 Å². The van der Waals surface area contributed by atoms with Gasteiger partial charge in [0.25, 0.3) is 0 Å². The maximum absolute atomic E-state index is 4.33. The third-order valence-electron chi connectivity index (χ3n) is 3.43. The molecular formula is C13H22N4. The van der Waals surface area contributed by atoms with Gasteiger partial charge in [0.05, 0.1) is 0 Å². The molecule has 0 atom stereocenters. The molecule has 0 radical (unpaired) electrons. The van der Waals surface area contributed by atoms with Crippen molar-refractivity contribution in [1.29, 1.82) is 0 Å². The van der Waals surface area contributed by atoms with Crippen molar-refractivity contribution in [3.8, 4) is 0 Å². The number of likely N-dealkylation sites (tertiary alicyclic amines) is 1. The minimum atomic E-state index is 0.778. The maximum atomic E-state index is 4.33. The van der Waals surface area contributed by atoms with E-state index >= 15 is 0 Å². The number of rotatable bonds is 5. The molecule has 4 heteroatoms. The number of nitrogens with zero attached hydrogens (tertiary/aromatic N) is 3. The quantitative estimate of drug-likeness (QED) is 0.789. The second-order valence-electron chi connectivity index (χ2n) is 4.82. The summed E-state index contributed by atoms with van der Waals surface area (Å²) in [4.78, 5) is 6.73. The summed E-state index contributed by atoms with van der Waals surface area (Å²) >= 11 is 0. The standard InChI is InChI=1S/C13H22N4/c1-3-7-17-10-6-14-13(17)15-11-12-4-8-16(2)9-5-12/h3,6,10,12H,1,4-5,7-9,11H2,2H3,(H,14,15). The molecule has 1 fully saturated rings. The van der Waals surface area contributed by atoms with Crippen LogP contribution in [0.25, 0.3) is 0 Å². The Morgan fingerprint density at radius 3 is 3.00 bits per heavy atom. The van der Waals surface area contributed by atoms with Crippen molar-refractivity contribution in [2.24, 2.45) is 5.92 Å². The van der Waals surface area contributed by atoms with Crippen LogP contribution in [0.4, 0.5) is 5.95 Å². The summed E-state index contributed by atoms with van der Waals surface area (Å²) in [6.45, 7) is 8.03. The molecule has 0 aliphatic carbocycles. The first-order valence-corrected chi connectivity index (χ1v) is 6.34. The van der Waals surface area contributed by atoms with Crippen molar-refractivity contribution in [1.82, 2.24) is 14.5 Å². The monoisotopic (exact) mass is 234 g/mol. The molecule has 1 aliphatic heterocycles. The average molecular weight is 234 g/mol. The lowest BCUT2D eigenvalue weighted by atomic mass is 9.97. The highest BCUT2D eigenvalue weighted by atomic mass is 15.2. The van der Waals surface area contributed by atoms with Gasteiger partial charge in [-0.25, -0.2) is 4.98 Å². The van der Waals surface area contributed by atoms with Crippen LogP contribution < -0.4 is 5.32 Å². The number of piperidine rings is 1. The van der Waals surface area contributed by atoms with Gasteiger partial charge in [-0.3, -0.25) is 0 Å². The van der Waals surface area contributed by atoms with Gasteiger partial charge in [-0.1, -0.05) is 6.08 Å². The van der Waals surface area contributed by atoms with Crippen molar-refractivity contribution in [2.75, 3.05) is 32.0 Å². The molecule has 2 rings (SSSR count). The van der Waals surface area contributed by atoms with Gasteiger partial charge in [0, 0.05) is 25.5 Å². The molecule has 2 heterocycles. The first-order valence-electron chi connectivity index (χ1n) is 6.34. The molecule has 94 valence electrons. The van der Waals surface area contributed by atoms with Gasteiger partial charge in [-0.05, 0) is 38.9 Å². The first kappa shape index (κ1) is 12.2. The Morgan fingerprint density at radius 1 is 1.53 bits per heavy atom. The van der Waals surface area contributed by atoms with E-state index in [0.717, 1.165) is 25.0 Å². The fraction of sp³-hybridized carbons (Fsp3) is 0.615. The van der Waals surface area contributed by atoms with Crippen molar-refractivity contribution in [3.05, 3.63) is 25.0 Å². The van der Waals surface area contributed by atoms with Crippen LogP contribution in [0.5, 0.6) is 0 Å². The van der Waals surface area contributed by atoms with Crippen LogP contribution in [-0.4, -0.2) is 41.1 Å². The summed E-state index contributed by atoms with van der Waals surface area (Å²) < 4.78 is 2.09. The minimum absolute atomic E-state index is 0.778. The minimum Gasteiger partial charge on any atom is -0.355 e. The van der Waals surface area contributed by atoms with E-state index in [-0.39, 0.29) is 0 Å². The number of aromatic nitrogens is 2. The van der Waals surface area contributed by atoms with Gasteiger partial charge in [-0.2, -0.15) is 0 Å². The topological polar surface area (TPSA) is 33.1 Å². The van der Waals surface area contributed by atoms with Gasteiger partial charge in [-0.15, -0.1) is 6.58 Å². The molecule has 0 saturated carbocycles. The van der Waals surface area contributed by atoms with E-state index in [1.54, 1.807) is 0 Å². The fourth-order valence-corrected chi connectivity index (χ4v) is 2.26. The van der Waals surface area contributed by atoms with Crippen LogP contribution in [0, 0.1) is 5.92 Å². The molecule has 1 saturated heterocycles. The van der Waals surface area contributed by atoms with Crippen molar-refractivity contribution < 1.29 is 0 Å². The van der Waals surface area contributed by atoms with Crippen LogP contribution in [0.2, 0.25) is 0 Å².